The number of carbonyl (C=O) groups is 1. The van der Waals surface area contributed by atoms with E-state index in [1.54, 1.807) is 23.3 Å². The molecule has 6 rings (SSSR count). The summed E-state index contributed by atoms with van der Waals surface area (Å²) in [4.78, 5) is 31.6. The van der Waals surface area contributed by atoms with Crippen molar-refractivity contribution in [1.29, 1.82) is 0 Å². The first-order valence-electron chi connectivity index (χ1n) is 11.8. The summed E-state index contributed by atoms with van der Waals surface area (Å²) in [5.74, 6) is 0.728. The molecule has 34 heavy (non-hydrogen) atoms. The third kappa shape index (κ3) is 3.37. The van der Waals surface area contributed by atoms with E-state index >= 15 is 0 Å². The summed E-state index contributed by atoms with van der Waals surface area (Å²) >= 11 is 0. The van der Waals surface area contributed by atoms with E-state index in [1.165, 1.54) is 0 Å². The number of hydrogen-bond acceptors (Lipinski definition) is 5. The van der Waals surface area contributed by atoms with Gasteiger partial charge in [0.1, 0.15) is 11.3 Å². The zero-order valence-electron chi connectivity index (χ0n) is 19.1. The molecule has 2 aliphatic rings. The lowest BCUT2D eigenvalue weighted by Crippen LogP contribution is -2.39. The van der Waals surface area contributed by atoms with Gasteiger partial charge >= 0.3 is 0 Å². The highest BCUT2D eigenvalue weighted by Gasteiger charge is 2.44. The van der Waals surface area contributed by atoms with Gasteiger partial charge in [-0.1, -0.05) is 42.0 Å². The highest BCUT2D eigenvalue weighted by atomic mass is 16.3. The first-order chi connectivity index (χ1) is 16.6. The van der Waals surface area contributed by atoms with Crippen molar-refractivity contribution in [2.45, 2.75) is 31.8 Å². The molecule has 1 fully saturated rings. The number of para-hydroxylation sites is 1. The lowest BCUT2D eigenvalue weighted by Gasteiger charge is -2.33. The summed E-state index contributed by atoms with van der Waals surface area (Å²) in [5.41, 5.74) is 2.74. The molecule has 0 radical (unpaired) electrons. The van der Waals surface area contributed by atoms with Gasteiger partial charge in [-0.05, 0) is 62.7 Å². The number of nitrogens with zero attached hydrogens (tertiary/aromatic N) is 2. The summed E-state index contributed by atoms with van der Waals surface area (Å²) < 4.78 is 11.9. The second-order valence-electron chi connectivity index (χ2n) is 9.22. The Morgan fingerprint density at radius 3 is 2.47 bits per heavy atom. The van der Waals surface area contributed by atoms with E-state index in [0.29, 0.717) is 23.1 Å². The van der Waals surface area contributed by atoms with Gasteiger partial charge in [0.05, 0.1) is 29.3 Å². The molecule has 1 saturated heterocycles. The average molecular weight is 455 g/mol. The number of benzene rings is 2. The van der Waals surface area contributed by atoms with Crippen molar-refractivity contribution in [3.8, 4) is 0 Å². The van der Waals surface area contributed by atoms with E-state index < -0.39 is 6.04 Å². The molecular formula is C28H26N2O4. The van der Waals surface area contributed by atoms with E-state index in [0.717, 1.165) is 42.8 Å². The Bertz CT molecular complexity index is 1400. The maximum Gasteiger partial charge on any atom is 0.290 e. The first-order valence-corrected chi connectivity index (χ1v) is 11.8. The molecule has 1 amide bonds. The molecule has 172 valence electrons. The van der Waals surface area contributed by atoms with Gasteiger partial charge in [-0.2, -0.15) is 0 Å². The van der Waals surface area contributed by atoms with Crippen LogP contribution in [0.2, 0.25) is 0 Å². The van der Waals surface area contributed by atoms with Gasteiger partial charge in [0.25, 0.3) is 5.91 Å². The number of rotatable bonds is 5. The van der Waals surface area contributed by atoms with E-state index in [9.17, 15) is 9.59 Å². The van der Waals surface area contributed by atoms with E-state index in [2.05, 4.69) is 4.90 Å². The van der Waals surface area contributed by atoms with Crippen molar-refractivity contribution < 1.29 is 13.6 Å². The molecule has 0 saturated carbocycles. The van der Waals surface area contributed by atoms with Gasteiger partial charge in [-0.25, -0.2) is 0 Å². The van der Waals surface area contributed by atoms with Crippen LogP contribution in [0.1, 0.15) is 57.9 Å². The predicted octanol–water partition coefficient (Wildman–Crippen LogP) is 5.08. The molecule has 6 heteroatoms. The summed E-state index contributed by atoms with van der Waals surface area (Å²) in [6, 6.07) is 18.4. The number of likely N-dealkylation sites (tertiary alicyclic amines) is 1. The topological polar surface area (TPSA) is 66.9 Å². The van der Waals surface area contributed by atoms with Crippen LogP contribution in [-0.4, -0.2) is 35.3 Å². The zero-order chi connectivity index (χ0) is 23.2. The average Bonchev–Trinajstić information content (AvgIpc) is 3.61. The minimum atomic E-state index is -0.510. The molecular weight excluding hydrogens is 428 g/mol. The third-order valence-electron chi connectivity index (χ3n) is 7.09. The Balaban J connectivity index is 1.50. The number of aryl methyl sites for hydroxylation is 1. The smallest absolute Gasteiger partial charge is 0.290 e. The Hall–Kier alpha value is -3.64. The molecule has 6 nitrogen and oxygen atoms in total. The normalized spacial score (nSPS) is 19.1. The number of hydrogen-bond donors (Lipinski definition) is 0. The minimum absolute atomic E-state index is 0.0896. The number of carbonyl (C=O) groups excluding carboxylic acids is 1. The summed E-state index contributed by atoms with van der Waals surface area (Å²) in [7, 11) is 0. The standard InChI is InChI=1S/C28H26N2O4/c1-18-10-12-19(13-11-18)25-24-26(31)20-7-2-3-8-22(20)34-27(24)28(32)30(25)17-21(23-9-6-16-33-23)29-14-4-5-15-29/h2-3,6-13,16,21,25H,4-5,14-15,17H2,1H3/t21-,25-/m0/s1. The van der Waals surface area contributed by atoms with E-state index in [4.69, 9.17) is 8.83 Å². The van der Waals surface area contributed by atoms with E-state index in [-0.39, 0.29) is 23.1 Å². The van der Waals surface area contributed by atoms with Gasteiger partial charge < -0.3 is 13.7 Å². The Kier molecular flexibility index (Phi) is 5.11. The fourth-order valence-electron chi connectivity index (χ4n) is 5.36. The quantitative estimate of drug-likeness (QED) is 0.421. The van der Waals surface area contributed by atoms with Crippen molar-refractivity contribution in [2.24, 2.45) is 0 Å². The van der Waals surface area contributed by atoms with Crippen LogP contribution in [0.5, 0.6) is 0 Å². The van der Waals surface area contributed by atoms with Crippen LogP contribution in [0, 0.1) is 6.92 Å². The van der Waals surface area contributed by atoms with Crippen LogP contribution in [-0.2, 0) is 0 Å². The van der Waals surface area contributed by atoms with Crippen LogP contribution >= 0.6 is 0 Å². The van der Waals surface area contributed by atoms with Crippen molar-refractivity contribution in [1.82, 2.24) is 9.80 Å². The Morgan fingerprint density at radius 2 is 1.74 bits per heavy atom. The van der Waals surface area contributed by atoms with Crippen LogP contribution in [0.15, 0.2) is 80.6 Å². The summed E-state index contributed by atoms with van der Waals surface area (Å²) in [6.45, 7) is 4.34. The van der Waals surface area contributed by atoms with Crippen LogP contribution in [0.4, 0.5) is 0 Å². The lowest BCUT2D eigenvalue weighted by molar-refractivity contribution is 0.0644. The minimum Gasteiger partial charge on any atom is -0.468 e. The summed E-state index contributed by atoms with van der Waals surface area (Å²) in [6.07, 6.45) is 3.92. The summed E-state index contributed by atoms with van der Waals surface area (Å²) in [5, 5.41) is 0.495. The predicted molar refractivity (Wildman–Crippen MR) is 129 cm³/mol. The molecule has 0 unspecified atom stereocenters. The molecule has 2 aliphatic heterocycles. The number of fused-ring (bicyclic) bond motifs is 2. The molecule has 2 aromatic carbocycles. The molecule has 0 bridgehead atoms. The Labute approximate surface area is 197 Å². The largest absolute Gasteiger partial charge is 0.468 e. The molecule has 0 spiro atoms. The van der Waals surface area contributed by atoms with Crippen molar-refractivity contribution in [2.75, 3.05) is 19.6 Å². The number of furan rings is 1. The number of amides is 1. The van der Waals surface area contributed by atoms with Gasteiger partial charge in [0.15, 0.2) is 5.43 Å². The second-order valence-corrected chi connectivity index (χ2v) is 9.22. The van der Waals surface area contributed by atoms with Gasteiger partial charge in [0, 0.05) is 6.54 Å². The molecule has 4 heterocycles. The highest BCUT2D eigenvalue weighted by molar-refractivity contribution is 5.99. The zero-order valence-corrected chi connectivity index (χ0v) is 19.1. The molecule has 0 N–H and O–H groups in total. The van der Waals surface area contributed by atoms with Crippen molar-refractivity contribution in [3.63, 3.8) is 0 Å². The van der Waals surface area contributed by atoms with Crippen LogP contribution in [0.3, 0.4) is 0 Å². The maximum atomic E-state index is 13.8. The fraction of sp³-hybridized carbons (Fsp3) is 0.286. The monoisotopic (exact) mass is 454 g/mol. The van der Waals surface area contributed by atoms with Gasteiger partial charge in [-0.15, -0.1) is 0 Å². The maximum absolute atomic E-state index is 13.8. The third-order valence-corrected chi connectivity index (χ3v) is 7.09. The van der Waals surface area contributed by atoms with Crippen LogP contribution in [0.25, 0.3) is 11.0 Å². The van der Waals surface area contributed by atoms with E-state index in [1.807, 2.05) is 55.5 Å². The first kappa shape index (κ1) is 20.9. The highest BCUT2D eigenvalue weighted by Crippen LogP contribution is 2.40. The van der Waals surface area contributed by atoms with Crippen LogP contribution < -0.4 is 5.43 Å². The SMILES string of the molecule is Cc1ccc([C@H]2c3c(oc4ccccc4c3=O)C(=O)N2C[C@@H](c2ccco2)N2CCCC2)cc1. The molecule has 2 atom stereocenters. The van der Waals surface area contributed by atoms with Crippen molar-refractivity contribution in [3.05, 3.63) is 105 Å². The van der Waals surface area contributed by atoms with Gasteiger partial charge in [0.2, 0.25) is 5.76 Å². The molecule has 2 aromatic heterocycles. The molecule has 4 aromatic rings. The Morgan fingerprint density at radius 1 is 0.971 bits per heavy atom. The fourth-order valence-corrected chi connectivity index (χ4v) is 5.36. The van der Waals surface area contributed by atoms with Gasteiger partial charge in [-0.3, -0.25) is 14.5 Å². The molecule has 0 aliphatic carbocycles. The lowest BCUT2D eigenvalue weighted by atomic mass is 9.97. The van der Waals surface area contributed by atoms with Crippen molar-refractivity contribution >= 4 is 16.9 Å². The second kappa shape index (κ2) is 8.29.